The van der Waals surface area contributed by atoms with E-state index >= 15 is 0 Å². The molecule has 48 valence electrons. The molecule has 1 aliphatic carbocycles. The second-order valence-electron chi connectivity index (χ2n) is 2.61. The van der Waals surface area contributed by atoms with Gasteiger partial charge in [0.15, 0.2) is 0 Å². The van der Waals surface area contributed by atoms with E-state index < -0.39 is 0 Å². The minimum absolute atomic E-state index is 1.09. The van der Waals surface area contributed by atoms with E-state index in [-0.39, 0.29) is 0 Å². The van der Waals surface area contributed by atoms with Gasteiger partial charge in [0.05, 0.1) is 0 Å². The molecule has 0 aliphatic heterocycles. The monoisotopic (exact) mass is 236 g/mol. The Bertz CT molecular complexity index is 62.9. The molecule has 0 radical (unpaired) electrons. The predicted molar refractivity (Wildman–Crippen MR) is 43.1 cm³/mol. The van der Waals surface area contributed by atoms with E-state index in [9.17, 15) is 0 Å². The van der Waals surface area contributed by atoms with Crippen LogP contribution in [0.4, 0.5) is 0 Å². The van der Waals surface area contributed by atoms with Crippen molar-refractivity contribution in [2.75, 3.05) is 0 Å². The van der Waals surface area contributed by atoms with Crippen LogP contribution in [0.25, 0.3) is 0 Å². The molecule has 0 N–H and O–H groups in total. The third-order valence-corrected chi connectivity index (χ3v) is 7.30. The zero-order valence-electron chi connectivity index (χ0n) is 5.14. The zero-order valence-corrected chi connectivity index (χ0v) is 9.98. The first-order chi connectivity index (χ1) is 3.80. The molecular formula is C6H14As2. The molecule has 2 heteroatoms. The van der Waals surface area contributed by atoms with Gasteiger partial charge in [-0.05, 0) is 0 Å². The topological polar surface area (TPSA) is 0 Å². The SMILES string of the molecule is [AsH2]C1CCCCC1[AsH2]. The molecule has 1 rings (SSSR count). The van der Waals surface area contributed by atoms with Crippen molar-refractivity contribution >= 4 is 33.7 Å². The van der Waals surface area contributed by atoms with Gasteiger partial charge in [0.2, 0.25) is 0 Å². The molecule has 0 nitrogen and oxygen atoms in total. The first kappa shape index (κ1) is 7.23. The van der Waals surface area contributed by atoms with Crippen molar-refractivity contribution < 1.29 is 0 Å². The molecule has 0 aromatic carbocycles. The standard InChI is InChI=1S/C6H14As2/c7-5-3-1-2-4-6(5)8/h5-6H,1-4,7-8H2. The molecule has 0 aromatic heterocycles. The van der Waals surface area contributed by atoms with Crippen LogP contribution in [-0.2, 0) is 0 Å². The van der Waals surface area contributed by atoms with Crippen LogP contribution in [0.2, 0.25) is 9.41 Å². The van der Waals surface area contributed by atoms with E-state index in [1.54, 1.807) is 0 Å². The number of rotatable bonds is 0. The fourth-order valence-corrected chi connectivity index (χ4v) is 2.98. The molecular weight excluding hydrogens is 222 g/mol. The van der Waals surface area contributed by atoms with Gasteiger partial charge in [-0.25, -0.2) is 0 Å². The van der Waals surface area contributed by atoms with E-state index in [0.29, 0.717) is 0 Å². The summed E-state index contributed by atoms with van der Waals surface area (Å²) in [6.07, 6.45) is 6.04. The summed E-state index contributed by atoms with van der Waals surface area (Å²) in [6.45, 7) is 0. The van der Waals surface area contributed by atoms with E-state index in [1.807, 2.05) is 33.7 Å². The van der Waals surface area contributed by atoms with Crippen LogP contribution in [0.1, 0.15) is 25.7 Å². The number of hydrogen-bond acceptors (Lipinski definition) is 0. The van der Waals surface area contributed by atoms with Gasteiger partial charge >= 0.3 is 68.8 Å². The normalized spacial score (nSPS) is 39.8. The first-order valence-corrected chi connectivity index (χ1v) is 6.11. The Morgan fingerprint density at radius 3 is 1.50 bits per heavy atom. The van der Waals surface area contributed by atoms with Gasteiger partial charge in [0, 0.05) is 0 Å². The second kappa shape index (κ2) is 3.33. The third-order valence-electron chi connectivity index (χ3n) is 1.87. The Morgan fingerprint density at radius 2 is 1.25 bits per heavy atom. The van der Waals surface area contributed by atoms with Crippen molar-refractivity contribution in [2.24, 2.45) is 0 Å². The number of hydrogen-bond donors (Lipinski definition) is 0. The van der Waals surface area contributed by atoms with Crippen molar-refractivity contribution in [2.45, 2.75) is 35.1 Å². The quantitative estimate of drug-likeness (QED) is 0.534. The molecule has 0 aromatic rings. The van der Waals surface area contributed by atoms with Crippen LogP contribution in [-0.4, -0.2) is 33.7 Å². The molecule has 1 fully saturated rings. The average molecular weight is 236 g/mol. The van der Waals surface area contributed by atoms with Gasteiger partial charge in [0.25, 0.3) is 0 Å². The summed E-state index contributed by atoms with van der Waals surface area (Å²) >= 11 is 3.94. The molecule has 1 saturated carbocycles. The Balaban J connectivity index is 2.28. The Morgan fingerprint density at radius 1 is 0.875 bits per heavy atom. The zero-order chi connectivity index (χ0) is 5.98. The van der Waals surface area contributed by atoms with Crippen LogP contribution < -0.4 is 0 Å². The average Bonchev–Trinajstić information content (AvgIpc) is 1.77. The fourth-order valence-electron chi connectivity index (χ4n) is 1.19. The van der Waals surface area contributed by atoms with Crippen molar-refractivity contribution in [3.05, 3.63) is 0 Å². The summed E-state index contributed by atoms with van der Waals surface area (Å²) in [5, 5.41) is 0. The molecule has 1 aliphatic rings. The van der Waals surface area contributed by atoms with Crippen LogP contribution in [0.15, 0.2) is 0 Å². The molecule has 0 heterocycles. The van der Waals surface area contributed by atoms with Gasteiger partial charge in [0.1, 0.15) is 0 Å². The summed E-state index contributed by atoms with van der Waals surface area (Å²) in [5.74, 6) is 0. The van der Waals surface area contributed by atoms with Crippen LogP contribution in [0.5, 0.6) is 0 Å². The summed E-state index contributed by atoms with van der Waals surface area (Å²) < 4.78 is 2.19. The molecule has 4 atom stereocenters. The van der Waals surface area contributed by atoms with Gasteiger partial charge in [-0.3, -0.25) is 0 Å². The third kappa shape index (κ3) is 1.81. The maximum atomic E-state index is 1.97. The van der Waals surface area contributed by atoms with Crippen molar-refractivity contribution in [1.29, 1.82) is 0 Å². The minimum atomic E-state index is 1.09. The van der Waals surface area contributed by atoms with Crippen LogP contribution >= 0.6 is 0 Å². The molecule has 0 saturated heterocycles. The summed E-state index contributed by atoms with van der Waals surface area (Å²) in [4.78, 5) is 0. The fraction of sp³-hybridized carbons (Fsp3) is 1.00. The van der Waals surface area contributed by atoms with Gasteiger partial charge in [-0.15, -0.1) is 0 Å². The summed E-state index contributed by atoms with van der Waals surface area (Å²) in [7, 11) is 0. The first-order valence-electron chi connectivity index (χ1n) is 3.32. The van der Waals surface area contributed by atoms with Crippen molar-refractivity contribution in [3.63, 3.8) is 0 Å². The molecule has 0 spiro atoms. The van der Waals surface area contributed by atoms with Crippen LogP contribution in [0.3, 0.4) is 0 Å². The van der Waals surface area contributed by atoms with Crippen LogP contribution in [0, 0.1) is 0 Å². The second-order valence-corrected chi connectivity index (χ2v) is 6.21. The van der Waals surface area contributed by atoms with Gasteiger partial charge < -0.3 is 0 Å². The summed E-state index contributed by atoms with van der Waals surface area (Å²) in [6, 6.07) is 0. The molecule has 8 heavy (non-hydrogen) atoms. The van der Waals surface area contributed by atoms with Gasteiger partial charge in [-0.2, -0.15) is 0 Å². The van der Waals surface area contributed by atoms with E-state index in [0.717, 1.165) is 9.41 Å². The van der Waals surface area contributed by atoms with E-state index in [1.165, 1.54) is 25.7 Å². The maximum absolute atomic E-state index is 1.97. The molecule has 0 amide bonds. The Hall–Kier alpha value is 1.12. The van der Waals surface area contributed by atoms with Gasteiger partial charge in [-0.1, -0.05) is 0 Å². The molecule has 4 unspecified atom stereocenters. The predicted octanol–water partition coefficient (Wildman–Crippen LogP) is 0.404. The summed E-state index contributed by atoms with van der Waals surface area (Å²) in [5.41, 5.74) is 0. The van der Waals surface area contributed by atoms with Crippen molar-refractivity contribution in [3.8, 4) is 0 Å². The van der Waals surface area contributed by atoms with E-state index in [4.69, 9.17) is 0 Å². The molecule has 0 bridgehead atoms. The Kier molecular flexibility index (Phi) is 3.01. The van der Waals surface area contributed by atoms with Crippen molar-refractivity contribution in [1.82, 2.24) is 0 Å². The van der Waals surface area contributed by atoms with E-state index in [2.05, 4.69) is 0 Å². The Labute approximate surface area is 68.8 Å².